The maximum atomic E-state index is 12.7. The maximum Gasteiger partial charge on any atom is 0.336 e. The number of aromatic hydroxyl groups is 1. The summed E-state index contributed by atoms with van der Waals surface area (Å²) >= 11 is 0. The minimum absolute atomic E-state index is 0.0000886. The van der Waals surface area contributed by atoms with Crippen LogP contribution in [0.4, 0.5) is 0 Å². The second kappa shape index (κ2) is 7.57. The van der Waals surface area contributed by atoms with E-state index in [1.807, 2.05) is 43.3 Å². The van der Waals surface area contributed by atoms with E-state index in [1.54, 1.807) is 18.2 Å². The SMILES string of the molecule is COc1ccc(C2CC(=O)Oc3c2c(C)cc2oc(=O)cc(-c4ccccc4)c32)cc1O. The molecule has 0 saturated heterocycles. The molecule has 6 heteroatoms. The lowest BCUT2D eigenvalue weighted by atomic mass is 9.82. The van der Waals surface area contributed by atoms with Crippen molar-refractivity contribution in [2.45, 2.75) is 19.3 Å². The lowest BCUT2D eigenvalue weighted by molar-refractivity contribution is -0.135. The van der Waals surface area contributed by atoms with E-state index in [0.717, 1.165) is 22.3 Å². The number of aryl methyl sites for hydroxylation is 1. The molecule has 160 valence electrons. The Bertz CT molecular complexity index is 1420. The van der Waals surface area contributed by atoms with E-state index in [1.165, 1.54) is 13.2 Å². The van der Waals surface area contributed by atoms with Crippen LogP contribution in [0.5, 0.6) is 17.2 Å². The lowest BCUT2D eigenvalue weighted by Crippen LogP contribution is -2.22. The molecular weight excluding hydrogens is 408 g/mol. The summed E-state index contributed by atoms with van der Waals surface area (Å²) in [4.78, 5) is 25.0. The van der Waals surface area contributed by atoms with Crippen molar-refractivity contribution in [3.8, 4) is 28.4 Å². The predicted molar refractivity (Wildman–Crippen MR) is 119 cm³/mol. The first-order valence-electron chi connectivity index (χ1n) is 10.2. The number of fused-ring (bicyclic) bond motifs is 3. The van der Waals surface area contributed by atoms with Gasteiger partial charge in [0.2, 0.25) is 0 Å². The van der Waals surface area contributed by atoms with E-state index in [4.69, 9.17) is 13.9 Å². The number of methoxy groups -OCH3 is 1. The van der Waals surface area contributed by atoms with Crippen molar-refractivity contribution >= 4 is 16.9 Å². The smallest absolute Gasteiger partial charge is 0.336 e. The van der Waals surface area contributed by atoms with E-state index in [0.29, 0.717) is 28.0 Å². The highest BCUT2D eigenvalue weighted by molar-refractivity contribution is 6.01. The Morgan fingerprint density at radius 2 is 1.81 bits per heavy atom. The summed E-state index contributed by atoms with van der Waals surface area (Å²) < 4.78 is 16.4. The summed E-state index contributed by atoms with van der Waals surface area (Å²) in [6.45, 7) is 1.89. The molecule has 0 aliphatic carbocycles. The highest BCUT2D eigenvalue weighted by atomic mass is 16.5. The largest absolute Gasteiger partial charge is 0.504 e. The fourth-order valence-electron chi connectivity index (χ4n) is 4.45. The van der Waals surface area contributed by atoms with Crippen molar-refractivity contribution in [3.05, 3.63) is 87.8 Å². The van der Waals surface area contributed by atoms with Gasteiger partial charge in [-0.2, -0.15) is 0 Å². The fraction of sp³-hybridized carbons (Fsp3) is 0.154. The molecule has 0 saturated carbocycles. The van der Waals surface area contributed by atoms with Gasteiger partial charge in [0.25, 0.3) is 0 Å². The van der Waals surface area contributed by atoms with Crippen LogP contribution in [0.15, 0.2) is 69.9 Å². The number of ether oxygens (including phenoxy) is 2. The summed E-state index contributed by atoms with van der Waals surface area (Å²) in [6, 6.07) is 17.8. The molecule has 6 nitrogen and oxygen atoms in total. The average molecular weight is 428 g/mol. The first-order valence-corrected chi connectivity index (χ1v) is 10.2. The summed E-state index contributed by atoms with van der Waals surface area (Å²) in [6.07, 6.45) is 0.128. The molecule has 5 rings (SSSR count). The molecule has 0 radical (unpaired) electrons. The third kappa shape index (κ3) is 3.21. The molecule has 0 bridgehead atoms. The van der Waals surface area contributed by atoms with Crippen molar-refractivity contribution < 1.29 is 23.8 Å². The average Bonchev–Trinajstić information content (AvgIpc) is 2.78. The Hall–Kier alpha value is -4.06. The van der Waals surface area contributed by atoms with Crippen LogP contribution in [0.3, 0.4) is 0 Å². The molecule has 0 spiro atoms. The van der Waals surface area contributed by atoms with Crippen molar-refractivity contribution in [1.82, 2.24) is 0 Å². The Morgan fingerprint density at radius 1 is 1.03 bits per heavy atom. The minimum Gasteiger partial charge on any atom is -0.504 e. The fourth-order valence-corrected chi connectivity index (χ4v) is 4.45. The van der Waals surface area contributed by atoms with Gasteiger partial charge in [-0.3, -0.25) is 4.79 Å². The first-order chi connectivity index (χ1) is 15.5. The zero-order chi connectivity index (χ0) is 22.4. The number of rotatable bonds is 3. The van der Waals surface area contributed by atoms with Crippen molar-refractivity contribution in [2.75, 3.05) is 7.11 Å². The van der Waals surface area contributed by atoms with Crippen LogP contribution < -0.4 is 15.1 Å². The Labute approximate surface area is 183 Å². The second-order valence-corrected chi connectivity index (χ2v) is 7.82. The van der Waals surface area contributed by atoms with Crippen LogP contribution in [0.2, 0.25) is 0 Å². The number of hydrogen-bond donors (Lipinski definition) is 1. The van der Waals surface area contributed by atoms with Crippen LogP contribution in [0.25, 0.3) is 22.1 Å². The van der Waals surface area contributed by atoms with Gasteiger partial charge in [-0.15, -0.1) is 0 Å². The van der Waals surface area contributed by atoms with E-state index >= 15 is 0 Å². The van der Waals surface area contributed by atoms with Gasteiger partial charge in [-0.25, -0.2) is 4.79 Å². The quantitative estimate of drug-likeness (QED) is 0.283. The lowest BCUT2D eigenvalue weighted by Gasteiger charge is -2.28. The molecule has 0 fully saturated rings. The monoisotopic (exact) mass is 428 g/mol. The van der Waals surface area contributed by atoms with E-state index in [-0.39, 0.29) is 18.1 Å². The molecule has 1 atom stereocenters. The molecule has 3 aromatic carbocycles. The highest BCUT2D eigenvalue weighted by Gasteiger charge is 2.33. The van der Waals surface area contributed by atoms with Crippen LogP contribution in [0.1, 0.15) is 29.0 Å². The van der Waals surface area contributed by atoms with Crippen molar-refractivity contribution in [1.29, 1.82) is 0 Å². The van der Waals surface area contributed by atoms with Crippen LogP contribution in [0, 0.1) is 6.92 Å². The third-order valence-corrected chi connectivity index (χ3v) is 5.86. The summed E-state index contributed by atoms with van der Waals surface area (Å²) in [5, 5.41) is 10.9. The van der Waals surface area contributed by atoms with Gasteiger partial charge < -0.3 is 19.0 Å². The van der Waals surface area contributed by atoms with Crippen LogP contribution >= 0.6 is 0 Å². The van der Waals surface area contributed by atoms with Crippen molar-refractivity contribution in [3.63, 3.8) is 0 Å². The third-order valence-electron chi connectivity index (χ3n) is 5.86. The summed E-state index contributed by atoms with van der Waals surface area (Å²) in [5.41, 5.74) is 3.76. The number of phenolic OH excluding ortho intramolecular Hbond substituents is 1. The molecule has 0 amide bonds. The van der Waals surface area contributed by atoms with Gasteiger partial charge >= 0.3 is 11.6 Å². The predicted octanol–water partition coefficient (Wildman–Crippen LogP) is 4.92. The summed E-state index contributed by atoms with van der Waals surface area (Å²) in [7, 11) is 1.48. The van der Waals surface area contributed by atoms with E-state index in [2.05, 4.69) is 0 Å². The van der Waals surface area contributed by atoms with Gasteiger partial charge in [-0.1, -0.05) is 36.4 Å². The van der Waals surface area contributed by atoms with E-state index in [9.17, 15) is 14.7 Å². The molecule has 1 unspecified atom stereocenters. The molecule has 2 heterocycles. The Morgan fingerprint density at radius 3 is 2.53 bits per heavy atom. The molecule has 1 aromatic heterocycles. The second-order valence-electron chi connectivity index (χ2n) is 7.82. The topological polar surface area (TPSA) is 86.0 Å². The van der Waals surface area contributed by atoms with Gasteiger partial charge in [0.05, 0.1) is 18.9 Å². The molecule has 1 aliphatic heterocycles. The molecule has 4 aromatic rings. The first kappa shape index (κ1) is 19.9. The number of carbonyl (C=O) groups excluding carboxylic acids is 1. The number of phenols is 1. The Balaban J connectivity index is 1.81. The normalized spacial score (nSPS) is 15.3. The molecule has 1 aliphatic rings. The number of benzene rings is 3. The van der Waals surface area contributed by atoms with Crippen molar-refractivity contribution in [2.24, 2.45) is 0 Å². The van der Waals surface area contributed by atoms with Gasteiger partial charge in [0.15, 0.2) is 11.5 Å². The number of carbonyl (C=O) groups is 1. The molecule has 1 N–H and O–H groups in total. The zero-order valence-electron chi connectivity index (χ0n) is 17.5. The maximum absolute atomic E-state index is 12.7. The Kier molecular flexibility index (Phi) is 4.70. The summed E-state index contributed by atoms with van der Waals surface area (Å²) in [5.74, 6) is 0.0210. The van der Waals surface area contributed by atoms with Crippen LogP contribution in [-0.2, 0) is 4.79 Å². The number of hydrogen-bond acceptors (Lipinski definition) is 6. The zero-order valence-corrected chi connectivity index (χ0v) is 17.5. The molecule has 32 heavy (non-hydrogen) atoms. The standard InChI is InChI=1S/C26H20O6/c1-14-10-21-25(17(12-22(28)31-21)15-6-4-3-5-7-15)26-24(14)18(13-23(29)32-26)16-8-9-20(30-2)19(27)11-16/h3-12,18,27H,13H2,1-2H3. The van der Waals surface area contributed by atoms with Gasteiger partial charge in [0, 0.05) is 23.1 Å². The highest BCUT2D eigenvalue weighted by Crippen LogP contribution is 2.48. The van der Waals surface area contributed by atoms with Gasteiger partial charge in [-0.05, 0) is 41.8 Å². The van der Waals surface area contributed by atoms with Crippen LogP contribution in [-0.4, -0.2) is 18.2 Å². The minimum atomic E-state index is -0.477. The number of esters is 1. The van der Waals surface area contributed by atoms with E-state index < -0.39 is 11.6 Å². The molecular formula is C26H20O6. The van der Waals surface area contributed by atoms with Gasteiger partial charge in [0.1, 0.15) is 11.3 Å².